The number of pyridine rings is 1. The molecular weight excluding hydrogens is 285 g/mol. The van der Waals surface area contributed by atoms with E-state index >= 15 is 0 Å². The Kier molecular flexibility index (Phi) is 4.04. The van der Waals surface area contributed by atoms with Crippen molar-refractivity contribution in [2.75, 3.05) is 18.9 Å². The highest BCUT2D eigenvalue weighted by molar-refractivity contribution is 5.89. The number of carbonyl (C=O) groups excluding carboxylic acids is 1. The maximum atomic E-state index is 13.5. The van der Waals surface area contributed by atoms with Crippen molar-refractivity contribution < 1.29 is 9.18 Å². The molecule has 0 saturated carbocycles. The van der Waals surface area contributed by atoms with Gasteiger partial charge in [0.1, 0.15) is 5.82 Å². The standard InChI is InChI=1S/C15H18FN5O/c1-20(15(22)19-13-4-5-17-8-12(13)16)9-11-2-3-14-18-6-7-21(14)10-11/h4-8,11H,2-3,9-10H2,1H3,(H,17,19,22)/t11-/m0/s1. The van der Waals surface area contributed by atoms with E-state index in [0.29, 0.717) is 12.5 Å². The Morgan fingerprint density at radius 1 is 1.55 bits per heavy atom. The molecule has 1 aliphatic heterocycles. The maximum absolute atomic E-state index is 13.5. The van der Waals surface area contributed by atoms with Crippen LogP contribution in [0.2, 0.25) is 0 Å². The molecule has 6 nitrogen and oxygen atoms in total. The zero-order valence-electron chi connectivity index (χ0n) is 12.4. The third-order valence-corrected chi connectivity index (χ3v) is 3.93. The number of halogens is 1. The van der Waals surface area contributed by atoms with Gasteiger partial charge in [0.15, 0.2) is 5.82 Å². The first-order chi connectivity index (χ1) is 10.6. The predicted octanol–water partition coefficient (Wildman–Crippen LogP) is 2.14. The number of aryl methyl sites for hydroxylation is 1. The molecule has 0 fully saturated rings. The van der Waals surface area contributed by atoms with Gasteiger partial charge in [-0.25, -0.2) is 14.2 Å². The molecule has 22 heavy (non-hydrogen) atoms. The minimum atomic E-state index is -0.537. The van der Waals surface area contributed by atoms with Gasteiger partial charge in [-0.05, 0) is 18.4 Å². The molecule has 2 amide bonds. The average Bonchev–Trinajstić information content (AvgIpc) is 2.97. The second-order valence-corrected chi connectivity index (χ2v) is 5.57. The van der Waals surface area contributed by atoms with Gasteiger partial charge in [0.2, 0.25) is 0 Å². The minimum Gasteiger partial charge on any atom is -0.335 e. The molecular formula is C15H18FN5O. The molecule has 0 radical (unpaired) electrons. The molecule has 3 heterocycles. The van der Waals surface area contributed by atoms with Gasteiger partial charge < -0.3 is 14.8 Å². The van der Waals surface area contributed by atoms with Gasteiger partial charge in [-0.1, -0.05) is 0 Å². The fraction of sp³-hybridized carbons (Fsp3) is 0.400. The largest absolute Gasteiger partial charge is 0.335 e. The van der Waals surface area contributed by atoms with E-state index in [1.807, 2.05) is 6.20 Å². The van der Waals surface area contributed by atoms with Crippen molar-refractivity contribution in [2.24, 2.45) is 5.92 Å². The number of aromatic nitrogens is 3. The van der Waals surface area contributed by atoms with Crippen molar-refractivity contribution in [3.63, 3.8) is 0 Å². The number of hydrogen-bond acceptors (Lipinski definition) is 3. The Hall–Kier alpha value is -2.44. The maximum Gasteiger partial charge on any atom is 0.321 e. The summed E-state index contributed by atoms with van der Waals surface area (Å²) in [6.07, 6.45) is 8.22. The Bertz CT molecular complexity index is 671. The molecule has 0 aliphatic carbocycles. The minimum absolute atomic E-state index is 0.146. The number of nitrogens with zero attached hydrogens (tertiary/aromatic N) is 4. The lowest BCUT2D eigenvalue weighted by Crippen LogP contribution is -2.38. The summed E-state index contributed by atoms with van der Waals surface area (Å²) < 4.78 is 15.6. The number of amides is 2. The molecule has 1 aliphatic rings. The van der Waals surface area contributed by atoms with Crippen LogP contribution in [0.3, 0.4) is 0 Å². The predicted molar refractivity (Wildman–Crippen MR) is 79.9 cm³/mol. The molecule has 0 spiro atoms. The highest BCUT2D eigenvalue weighted by Gasteiger charge is 2.22. The van der Waals surface area contributed by atoms with E-state index < -0.39 is 5.82 Å². The van der Waals surface area contributed by atoms with E-state index in [-0.39, 0.29) is 11.7 Å². The summed E-state index contributed by atoms with van der Waals surface area (Å²) >= 11 is 0. The van der Waals surface area contributed by atoms with Crippen LogP contribution < -0.4 is 5.32 Å². The summed E-state index contributed by atoms with van der Waals surface area (Å²) in [5.41, 5.74) is 0.146. The highest BCUT2D eigenvalue weighted by atomic mass is 19.1. The van der Waals surface area contributed by atoms with E-state index in [0.717, 1.165) is 31.4 Å². The molecule has 0 aromatic carbocycles. The Morgan fingerprint density at radius 2 is 2.41 bits per heavy atom. The lowest BCUT2D eigenvalue weighted by molar-refractivity contribution is 0.205. The van der Waals surface area contributed by atoms with Crippen LogP contribution in [-0.4, -0.2) is 39.1 Å². The van der Waals surface area contributed by atoms with Gasteiger partial charge in [-0.15, -0.1) is 0 Å². The summed E-state index contributed by atoms with van der Waals surface area (Å²) in [7, 11) is 1.72. The second-order valence-electron chi connectivity index (χ2n) is 5.57. The first-order valence-corrected chi connectivity index (χ1v) is 7.25. The van der Waals surface area contributed by atoms with Crippen molar-refractivity contribution >= 4 is 11.7 Å². The van der Waals surface area contributed by atoms with Crippen molar-refractivity contribution in [1.29, 1.82) is 0 Å². The molecule has 1 atom stereocenters. The fourth-order valence-electron chi connectivity index (χ4n) is 2.74. The van der Waals surface area contributed by atoms with E-state index in [1.54, 1.807) is 18.1 Å². The van der Waals surface area contributed by atoms with Crippen molar-refractivity contribution in [3.05, 3.63) is 42.5 Å². The number of urea groups is 1. The highest BCUT2D eigenvalue weighted by Crippen LogP contribution is 2.20. The molecule has 0 unspecified atom stereocenters. The number of hydrogen-bond donors (Lipinski definition) is 1. The van der Waals surface area contributed by atoms with Crippen molar-refractivity contribution in [3.8, 4) is 0 Å². The summed E-state index contributed by atoms with van der Waals surface area (Å²) in [5.74, 6) is 0.937. The van der Waals surface area contributed by atoms with Gasteiger partial charge in [-0.3, -0.25) is 4.98 Å². The summed E-state index contributed by atoms with van der Waals surface area (Å²) in [5, 5.41) is 2.57. The number of imidazole rings is 1. The molecule has 2 aromatic rings. The number of carbonyl (C=O) groups is 1. The van der Waals surface area contributed by atoms with Crippen LogP contribution in [0.1, 0.15) is 12.2 Å². The van der Waals surface area contributed by atoms with Crippen LogP contribution in [-0.2, 0) is 13.0 Å². The van der Waals surface area contributed by atoms with E-state index in [4.69, 9.17) is 0 Å². The van der Waals surface area contributed by atoms with Crippen LogP contribution in [0.15, 0.2) is 30.9 Å². The smallest absolute Gasteiger partial charge is 0.321 e. The monoisotopic (exact) mass is 303 g/mol. The van der Waals surface area contributed by atoms with Gasteiger partial charge in [0, 0.05) is 45.1 Å². The zero-order chi connectivity index (χ0) is 15.5. The van der Waals surface area contributed by atoms with Crippen LogP contribution in [0.25, 0.3) is 0 Å². The Labute approximate surface area is 128 Å². The lowest BCUT2D eigenvalue weighted by Gasteiger charge is -2.28. The molecule has 116 valence electrons. The van der Waals surface area contributed by atoms with E-state index in [9.17, 15) is 9.18 Å². The summed E-state index contributed by atoms with van der Waals surface area (Å²) in [6, 6.07) is 1.13. The average molecular weight is 303 g/mol. The normalized spacial score (nSPS) is 16.9. The SMILES string of the molecule is CN(C[C@@H]1CCc2nccn2C1)C(=O)Nc1ccncc1F. The van der Waals surface area contributed by atoms with Gasteiger partial charge in [0.05, 0.1) is 11.9 Å². The molecule has 7 heteroatoms. The number of rotatable bonds is 3. The lowest BCUT2D eigenvalue weighted by atomic mass is 9.99. The number of fused-ring (bicyclic) bond motifs is 1. The molecule has 1 N–H and O–H groups in total. The molecule has 0 saturated heterocycles. The van der Waals surface area contributed by atoms with Crippen LogP contribution in [0.5, 0.6) is 0 Å². The Balaban J connectivity index is 1.57. The molecule has 0 bridgehead atoms. The number of nitrogens with one attached hydrogen (secondary N) is 1. The zero-order valence-corrected chi connectivity index (χ0v) is 12.4. The van der Waals surface area contributed by atoms with Crippen molar-refractivity contribution in [2.45, 2.75) is 19.4 Å². The topological polar surface area (TPSA) is 63.1 Å². The van der Waals surface area contributed by atoms with Gasteiger partial charge in [0.25, 0.3) is 0 Å². The molecule has 3 rings (SSSR count). The third kappa shape index (κ3) is 3.08. The van der Waals surface area contributed by atoms with Crippen LogP contribution in [0.4, 0.5) is 14.9 Å². The first kappa shape index (κ1) is 14.5. The Morgan fingerprint density at radius 3 is 3.23 bits per heavy atom. The quantitative estimate of drug-likeness (QED) is 0.945. The van der Waals surface area contributed by atoms with E-state index in [2.05, 4.69) is 19.9 Å². The van der Waals surface area contributed by atoms with Gasteiger partial charge in [-0.2, -0.15) is 0 Å². The summed E-state index contributed by atoms with van der Waals surface area (Å²) in [4.78, 5) is 21.7. The molecule has 2 aromatic heterocycles. The van der Waals surface area contributed by atoms with Gasteiger partial charge >= 0.3 is 6.03 Å². The van der Waals surface area contributed by atoms with Crippen molar-refractivity contribution in [1.82, 2.24) is 19.4 Å². The van der Waals surface area contributed by atoms with E-state index in [1.165, 1.54) is 12.3 Å². The summed E-state index contributed by atoms with van der Waals surface area (Å²) in [6.45, 7) is 1.48. The second kappa shape index (κ2) is 6.13. The number of anilines is 1. The third-order valence-electron chi connectivity index (χ3n) is 3.93. The van der Waals surface area contributed by atoms with Crippen LogP contribution >= 0.6 is 0 Å². The first-order valence-electron chi connectivity index (χ1n) is 7.25. The fourth-order valence-corrected chi connectivity index (χ4v) is 2.74. The van der Waals surface area contributed by atoms with Crippen LogP contribution in [0, 0.1) is 11.7 Å².